The van der Waals surface area contributed by atoms with Crippen molar-refractivity contribution in [3.8, 4) is 0 Å². The smallest absolute Gasteiger partial charge is 0.0431 e. The molecular formula is C14H30O2. The van der Waals surface area contributed by atoms with E-state index in [0.29, 0.717) is 13.2 Å². The fourth-order valence-corrected chi connectivity index (χ4v) is 2.32. The van der Waals surface area contributed by atoms with Crippen LogP contribution in [-0.4, -0.2) is 23.4 Å². The van der Waals surface area contributed by atoms with Crippen LogP contribution in [0.4, 0.5) is 0 Å². The zero-order valence-electron chi connectivity index (χ0n) is 11.1. The van der Waals surface area contributed by atoms with E-state index < -0.39 is 0 Å². The van der Waals surface area contributed by atoms with E-state index in [4.69, 9.17) is 10.2 Å². The summed E-state index contributed by atoms with van der Waals surface area (Å²) >= 11 is 0. The molecule has 0 fully saturated rings. The molecule has 0 aliphatic rings. The van der Waals surface area contributed by atoms with Gasteiger partial charge in [0.25, 0.3) is 0 Å². The van der Waals surface area contributed by atoms with Crippen LogP contribution in [0.2, 0.25) is 0 Å². The van der Waals surface area contributed by atoms with Crippen molar-refractivity contribution in [1.29, 1.82) is 0 Å². The summed E-state index contributed by atoms with van der Waals surface area (Å²) in [6, 6.07) is 0. The van der Waals surface area contributed by atoms with Crippen molar-refractivity contribution >= 4 is 0 Å². The van der Waals surface area contributed by atoms with Crippen LogP contribution in [0.25, 0.3) is 0 Å². The first-order chi connectivity index (χ1) is 7.74. The fraction of sp³-hybridized carbons (Fsp3) is 1.00. The number of hydrogen-bond acceptors (Lipinski definition) is 2. The van der Waals surface area contributed by atoms with Gasteiger partial charge in [0.1, 0.15) is 0 Å². The van der Waals surface area contributed by atoms with Gasteiger partial charge in [0.2, 0.25) is 0 Å². The van der Waals surface area contributed by atoms with E-state index in [1.165, 1.54) is 32.1 Å². The van der Waals surface area contributed by atoms with E-state index in [0.717, 1.165) is 31.1 Å². The standard InChI is InChI=1S/C14H30O2/c1-3-14(9-5-7-11-16)12-13(2)8-4-6-10-15/h13-16H,3-12H2,1-2H3/t13-,14?/m1/s1. The van der Waals surface area contributed by atoms with Gasteiger partial charge in [-0.15, -0.1) is 0 Å². The summed E-state index contributed by atoms with van der Waals surface area (Å²) in [6.45, 7) is 5.26. The van der Waals surface area contributed by atoms with Crippen molar-refractivity contribution in [2.45, 2.75) is 65.2 Å². The Bertz CT molecular complexity index is 137. The lowest BCUT2D eigenvalue weighted by molar-refractivity contribution is 0.262. The summed E-state index contributed by atoms with van der Waals surface area (Å²) in [6.07, 6.45) is 9.31. The normalized spacial score (nSPS) is 15.0. The second kappa shape index (κ2) is 11.4. The maximum Gasteiger partial charge on any atom is 0.0431 e. The molecule has 0 bridgehead atoms. The molecule has 16 heavy (non-hydrogen) atoms. The van der Waals surface area contributed by atoms with Gasteiger partial charge in [-0.3, -0.25) is 0 Å². The van der Waals surface area contributed by atoms with E-state index in [-0.39, 0.29) is 0 Å². The Hall–Kier alpha value is -0.0800. The molecule has 0 aromatic carbocycles. The highest BCUT2D eigenvalue weighted by Crippen LogP contribution is 2.24. The summed E-state index contributed by atoms with van der Waals surface area (Å²) in [5.74, 6) is 1.61. The molecule has 2 nitrogen and oxygen atoms in total. The van der Waals surface area contributed by atoms with Crippen LogP contribution in [0.3, 0.4) is 0 Å². The van der Waals surface area contributed by atoms with Crippen molar-refractivity contribution in [2.75, 3.05) is 13.2 Å². The molecule has 0 saturated heterocycles. The van der Waals surface area contributed by atoms with E-state index >= 15 is 0 Å². The second-order valence-corrected chi connectivity index (χ2v) is 5.05. The largest absolute Gasteiger partial charge is 0.396 e. The Morgan fingerprint density at radius 2 is 1.44 bits per heavy atom. The summed E-state index contributed by atoms with van der Waals surface area (Å²) in [5.41, 5.74) is 0. The molecule has 0 rings (SSSR count). The van der Waals surface area contributed by atoms with Crippen molar-refractivity contribution in [3.63, 3.8) is 0 Å². The van der Waals surface area contributed by atoms with Crippen molar-refractivity contribution in [3.05, 3.63) is 0 Å². The number of hydrogen-bond donors (Lipinski definition) is 2. The van der Waals surface area contributed by atoms with Crippen LogP contribution in [0.1, 0.15) is 65.2 Å². The predicted molar refractivity (Wildman–Crippen MR) is 69.4 cm³/mol. The summed E-state index contributed by atoms with van der Waals surface area (Å²) in [4.78, 5) is 0. The van der Waals surface area contributed by atoms with Gasteiger partial charge in [-0.1, -0.05) is 46.0 Å². The van der Waals surface area contributed by atoms with Crippen molar-refractivity contribution in [2.24, 2.45) is 11.8 Å². The first-order valence-electron chi connectivity index (χ1n) is 6.96. The third kappa shape index (κ3) is 9.17. The first kappa shape index (κ1) is 15.9. The minimum atomic E-state index is 0.334. The quantitative estimate of drug-likeness (QED) is 0.534. The van der Waals surface area contributed by atoms with Crippen LogP contribution in [0, 0.1) is 11.8 Å². The van der Waals surface area contributed by atoms with Crippen LogP contribution >= 0.6 is 0 Å². The van der Waals surface area contributed by atoms with Crippen LogP contribution in [-0.2, 0) is 0 Å². The molecule has 98 valence electrons. The lowest BCUT2D eigenvalue weighted by atomic mass is 9.87. The van der Waals surface area contributed by atoms with Crippen molar-refractivity contribution < 1.29 is 10.2 Å². The Morgan fingerprint density at radius 3 is 1.94 bits per heavy atom. The third-order valence-corrected chi connectivity index (χ3v) is 3.44. The number of rotatable bonds is 11. The highest BCUT2D eigenvalue weighted by molar-refractivity contribution is 4.63. The molecule has 2 N–H and O–H groups in total. The van der Waals surface area contributed by atoms with Crippen LogP contribution < -0.4 is 0 Å². The fourth-order valence-electron chi connectivity index (χ4n) is 2.32. The lowest BCUT2D eigenvalue weighted by Gasteiger charge is -2.19. The topological polar surface area (TPSA) is 40.5 Å². The van der Waals surface area contributed by atoms with Gasteiger partial charge in [0.15, 0.2) is 0 Å². The van der Waals surface area contributed by atoms with Gasteiger partial charge < -0.3 is 10.2 Å². The van der Waals surface area contributed by atoms with Gasteiger partial charge in [0.05, 0.1) is 0 Å². The first-order valence-corrected chi connectivity index (χ1v) is 6.96. The van der Waals surface area contributed by atoms with Crippen LogP contribution in [0.15, 0.2) is 0 Å². The summed E-state index contributed by atoms with van der Waals surface area (Å²) in [5, 5.41) is 17.5. The Balaban J connectivity index is 3.57. The number of aliphatic hydroxyl groups is 2. The predicted octanol–water partition coefficient (Wildman–Crippen LogP) is 3.36. The zero-order valence-corrected chi connectivity index (χ0v) is 11.1. The Morgan fingerprint density at radius 1 is 0.875 bits per heavy atom. The van der Waals surface area contributed by atoms with Gasteiger partial charge in [0, 0.05) is 13.2 Å². The monoisotopic (exact) mass is 230 g/mol. The number of unbranched alkanes of at least 4 members (excludes halogenated alkanes) is 2. The Labute approximate surface area is 101 Å². The highest BCUT2D eigenvalue weighted by atomic mass is 16.3. The average Bonchev–Trinajstić information content (AvgIpc) is 2.28. The minimum absolute atomic E-state index is 0.334. The molecule has 2 heteroatoms. The summed E-state index contributed by atoms with van der Waals surface area (Å²) < 4.78 is 0. The molecule has 0 aliphatic heterocycles. The molecule has 2 atom stereocenters. The zero-order chi connectivity index (χ0) is 12.2. The number of aliphatic hydroxyl groups excluding tert-OH is 2. The van der Waals surface area contributed by atoms with Gasteiger partial charge >= 0.3 is 0 Å². The molecule has 0 spiro atoms. The summed E-state index contributed by atoms with van der Waals surface area (Å²) in [7, 11) is 0. The SMILES string of the molecule is CCC(CCCCO)C[C@H](C)CCCCO. The maximum absolute atomic E-state index is 8.75. The molecule has 0 heterocycles. The maximum atomic E-state index is 8.75. The van der Waals surface area contributed by atoms with Gasteiger partial charge in [-0.2, -0.15) is 0 Å². The van der Waals surface area contributed by atoms with Gasteiger partial charge in [-0.05, 0) is 31.1 Å². The van der Waals surface area contributed by atoms with Gasteiger partial charge in [-0.25, -0.2) is 0 Å². The molecule has 0 amide bonds. The molecule has 0 aromatic heterocycles. The minimum Gasteiger partial charge on any atom is -0.396 e. The third-order valence-electron chi connectivity index (χ3n) is 3.44. The second-order valence-electron chi connectivity index (χ2n) is 5.05. The Kier molecular flexibility index (Phi) is 11.3. The molecule has 0 aromatic rings. The van der Waals surface area contributed by atoms with Crippen LogP contribution in [0.5, 0.6) is 0 Å². The van der Waals surface area contributed by atoms with E-state index in [2.05, 4.69) is 13.8 Å². The molecular weight excluding hydrogens is 200 g/mol. The highest BCUT2D eigenvalue weighted by Gasteiger charge is 2.11. The van der Waals surface area contributed by atoms with E-state index in [1.807, 2.05) is 0 Å². The van der Waals surface area contributed by atoms with E-state index in [1.54, 1.807) is 0 Å². The molecule has 1 unspecified atom stereocenters. The van der Waals surface area contributed by atoms with Crippen molar-refractivity contribution in [1.82, 2.24) is 0 Å². The van der Waals surface area contributed by atoms with E-state index in [9.17, 15) is 0 Å². The average molecular weight is 230 g/mol. The lowest BCUT2D eigenvalue weighted by Crippen LogP contribution is -2.06. The molecule has 0 radical (unpaired) electrons. The molecule has 0 saturated carbocycles. The molecule has 0 aliphatic carbocycles.